The molecule has 0 bridgehead atoms. The van der Waals surface area contributed by atoms with Gasteiger partial charge in [-0.2, -0.15) is 0 Å². The van der Waals surface area contributed by atoms with E-state index < -0.39 is 35.1 Å². The largest absolute Gasteiger partial charge is 0.481 e. The number of methoxy groups -OCH3 is 1. The molecule has 0 unspecified atom stereocenters. The van der Waals surface area contributed by atoms with Crippen LogP contribution in [0.3, 0.4) is 0 Å². The van der Waals surface area contributed by atoms with E-state index in [9.17, 15) is 30.0 Å². The number of fused-ring (bicyclic) bond motifs is 2. The fourth-order valence-corrected chi connectivity index (χ4v) is 11.2. The van der Waals surface area contributed by atoms with E-state index in [1.54, 1.807) is 19.9 Å². The van der Waals surface area contributed by atoms with Crippen molar-refractivity contribution in [1.29, 1.82) is 0 Å². The van der Waals surface area contributed by atoms with Gasteiger partial charge in [-0.15, -0.1) is 0 Å². The van der Waals surface area contributed by atoms with Gasteiger partial charge >= 0.3 is 11.9 Å². The average molecular weight is 533 g/mol. The summed E-state index contributed by atoms with van der Waals surface area (Å²) in [5.74, 6) is -1.38. The van der Waals surface area contributed by atoms with Crippen LogP contribution in [0.5, 0.6) is 0 Å². The Bertz CT molecular complexity index is 1030. The van der Waals surface area contributed by atoms with Crippen LogP contribution in [0.25, 0.3) is 0 Å². The fraction of sp³-hybridized carbons (Fsp3) is 0.871. The molecule has 0 aromatic carbocycles. The van der Waals surface area contributed by atoms with Crippen molar-refractivity contribution in [3.8, 4) is 0 Å². The molecule has 0 aromatic rings. The normalized spacial score (nSPS) is 50.4. The third-order valence-corrected chi connectivity index (χ3v) is 13.2. The van der Waals surface area contributed by atoms with Crippen molar-refractivity contribution in [2.75, 3.05) is 7.11 Å². The highest BCUT2D eigenvalue weighted by atomic mass is 16.5. The smallest absolute Gasteiger partial charge is 0.314 e. The van der Waals surface area contributed by atoms with Gasteiger partial charge < -0.3 is 25.2 Å². The summed E-state index contributed by atoms with van der Waals surface area (Å²) in [6.07, 6.45) is 8.79. The van der Waals surface area contributed by atoms with Crippen LogP contribution < -0.4 is 0 Å². The van der Waals surface area contributed by atoms with E-state index in [2.05, 4.69) is 13.8 Å². The number of carboxylic acids is 1. The summed E-state index contributed by atoms with van der Waals surface area (Å²) in [6, 6.07) is 0. The van der Waals surface area contributed by atoms with E-state index in [0.29, 0.717) is 12.3 Å². The maximum atomic E-state index is 13.1. The van der Waals surface area contributed by atoms with E-state index in [1.165, 1.54) is 7.11 Å². The number of aliphatic carboxylic acids is 1. The van der Waals surface area contributed by atoms with E-state index in [0.717, 1.165) is 44.9 Å². The molecule has 5 aliphatic carbocycles. The maximum absolute atomic E-state index is 13.1. The number of aliphatic hydroxyl groups is 3. The number of carbonyl (C=O) groups is 2. The number of hydrogen-bond donors (Lipinski definition) is 4. The fourth-order valence-electron chi connectivity index (χ4n) is 11.2. The molecule has 0 aliphatic heterocycles. The molecule has 7 nitrogen and oxygen atoms in total. The number of ether oxygens (including phenoxy) is 1. The summed E-state index contributed by atoms with van der Waals surface area (Å²) in [5, 5.41) is 43.0. The van der Waals surface area contributed by atoms with Gasteiger partial charge in [0.15, 0.2) is 0 Å². The van der Waals surface area contributed by atoms with E-state index in [1.807, 2.05) is 13.0 Å². The first-order valence-electron chi connectivity index (χ1n) is 14.6. The summed E-state index contributed by atoms with van der Waals surface area (Å²) < 4.78 is 5.21. The van der Waals surface area contributed by atoms with Crippen LogP contribution >= 0.6 is 0 Å². The number of rotatable bonds is 6. The topological polar surface area (TPSA) is 124 Å². The standard InChI is InChI=1S/C31H48O7/c1-26(2,37)12-7-8-18(24(34)35)19-11-13-28(4)20-9-10-21-29(5,25(36)38-6)22(32)16-23(33)31(21)17-30(20,31)15-14-27(19,28)3/h7,12,18-23,32-33,37H,8-11,13-17H2,1-6H3,(H,34,35)/b12-7+/t18-,19-,20+,21+,22+,23+,27-,28+,29+,30+,31-/m1/s1. The Morgan fingerprint density at radius 2 is 1.66 bits per heavy atom. The molecule has 2 spiro atoms. The molecular formula is C31H48O7. The van der Waals surface area contributed by atoms with Crippen LogP contribution in [0.2, 0.25) is 0 Å². The molecule has 0 aromatic heterocycles. The number of allylic oxidation sites excluding steroid dienone is 1. The Hall–Kier alpha value is -1.44. The summed E-state index contributed by atoms with van der Waals surface area (Å²) in [5.41, 5.74) is -2.66. The van der Waals surface area contributed by atoms with Crippen LogP contribution in [0.15, 0.2) is 12.2 Å². The molecule has 214 valence electrons. The van der Waals surface area contributed by atoms with Crippen LogP contribution in [0.1, 0.15) is 92.4 Å². The second-order valence-electron chi connectivity index (χ2n) is 14.8. The third-order valence-electron chi connectivity index (χ3n) is 13.2. The van der Waals surface area contributed by atoms with Crippen molar-refractivity contribution in [1.82, 2.24) is 0 Å². The third kappa shape index (κ3) is 3.36. The molecule has 11 atom stereocenters. The predicted octanol–water partition coefficient (Wildman–Crippen LogP) is 4.33. The van der Waals surface area contributed by atoms with Crippen molar-refractivity contribution in [2.24, 2.45) is 50.7 Å². The predicted molar refractivity (Wildman–Crippen MR) is 142 cm³/mol. The van der Waals surface area contributed by atoms with Gasteiger partial charge in [0.1, 0.15) is 0 Å². The van der Waals surface area contributed by atoms with Gasteiger partial charge in [0, 0.05) is 11.8 Å². The average Bonchev–Trinajstić information content (AvgIpc) is 3.45. The molecule has 5 saturated carbocycles. The lowest BCUT2D eigenvalue weighted by molar-refractivity contribution is -0.212. The van der Waals surface area contributed by atoms with Crippen molar-refractivity contribution in [2.45, 2.75) is 110 Å². The lowest BCUT2D eigenvalue weighted by atomic mass is 9.41. The molecule has 0 heterocycles. The molecule has 5 aliphatic rings. The Morgan fingerprint density at radius 3 is 2.26 bits per heavy atom. The minimum absolute atomic E-state index is 0.0414. The van der Waals surface area contributed by atoms with Gasteiger partial charge in [-0.1, -0.05) is 26.0 Å². The van der Waals surface area contributed by atoms with Crippen LogP contribution in [0, 0.1) is 50.7 Å². The summed E-state index contributed by atoms with van der Waals surface area (Å²) in [4.78, 5) is 25.6. The van der Waals surface area contributed by atoms with Gasteiger partial charge in [-0.05, 0) is 106 Å². The monoisotopic (exact) mass is 532 g/mol. The lowest BCUT2D eigenvalue weighted by Gasteiger charge is -2.63. The highest BCUT2D eigenvalue weighted by molar-refractivity contribution is 5.78. The molecule has 38 heavy (non-hydrogen) atoms. The Balaban J connectivity index is 1.48. The number of esters is 1. The zero-order valence-corrected chi connectivity index (χ0v) is 24.0. The van der Waals surface area contributed by atoms with Gasteiger partial charge in [-0.3, -0.25) is 9.59 Å². The van der Waals surface area contributed by atoms with Crippen molar-refractivity contribution >= 4 is 11.9 Å². The SMILES string of the molecule is COC(=O)[C@]1(C)[C@@H](O)C[C@H](O)[C@]23C[C@]24CC[C@]2(C)[C@@H]([C@@H](C/C=C/C(C)(C)O)C(=O)O)CC[C@@]2(C)[C@@H]4CC[C@@H]13. The van der Waals surface area contributed by atoms with E-state index in [4.69, 9.17) is 4.74 Å². The maximum Gasteiger partial charge on any atom is 0.314 e. The molecule has 4 N–H and O–H groups in total. The Morgan fingerprint density at radius 1 is 1.00 bits per heavy atom. The first-order chi connectivity index (χ1) is 17.5. The Kier molecular flexibility index (Phi) is 6.31. The van der Waals surface area contributed by atoms with E-state index in [-0.39, 0.29) is 45.9 Å². The van der Waals surface area contributed by atoms with E-state index >= 15 is 0 Å². The van der Waals surface area contributed by atoms with Gasteiger partial charge in [-0.25, -0.2) is 0 Å². The summed E-state index contributed by atoms with van der Waals surface area (Å²) in [7, 11) is 1.38. The quantitative estimate of drug-likeness (QED) is 0.296. The van der Waals surface area contributed by atoms with Crippen LogP contribution in [-0.2, 0) is 14.3 Å². The second-order valence-corrected chi connectivity index (χ2v) is 14.8. The van der Waals surface area contributed by atoms with Crippen LogP contribution in [0.4, 0.5) is 0 Å². The number of aliphatic hydroxyl groups excluding tert-OH is 2. The molecule has 5 fully saturated rings. The number of hydrogen-bond acceptors (Lipinski definition) is 6. The highest BCUT2D eigenvalue weighted by Crippen LogP contribution is 2.89. The number of carbonyl (C=O) groups excluding carboxylic acids is 1. The first-order valence-corrected chi connectivity index (χ1v) is 14.6. The minimum atomic E-state index is -1.02. The molecule has 0 radical (unpaired) electrons. The van der Waals surface area contributed by atoms with Crippen molar-refractivity contribution < 1.29 is 34.8 Å². The van der Waals surface area contributed by atoms with Crippen LogP contribution in [-0.4, -0.2) is 57.3 Å². The second kappa shape index (κ2) is 8.53. The van der Waals surface area contributed by atoms with Gasteiger partial charge in [0.2, 0.25) is 0 Å². The highest BCUT2D eigenvalue weighted by Gasteiger charge is 2.85. The minimum Gasteiger partial charge on any atom is -0.481 e. The summed E-state index contributed by atoms with van der Waals surface area (Å²) in [6.45, 7) is 9.92. The zero-order chi connectivity index (χ0) is 28.1. The zero-order valence-electron chi connectivity index (χ0n) is 24.0. The Labute approximate surface area is 227 Å². The van der Waals surface area contributed by atoms with Gasteiger partial charge in [0.25, 0.3) is 0 Å². The molecule has 0 amide bonds. The first kappa shape index (κ1) is 28.1. The molecule has 5 rings (SSSR count). The summed E-state index contributed by atoms with van der Waals surface area (Å²) >= 11 is 0. The van der Waals surface area contributed by atoms with Gasteiger partial charge in [0.05, 0.1) is 36.3 Å². The molecular weight excluding hydrogens is 484 g/mol. The lowest BCUT2D eigenvalue weighted by Crippen LogP contribution is -2.63. The molecule has 7 heteroatoms. The van der Waals surface area contributed by atoms with Crippen molar-refractivity contribution in [3.05, 3.63) is 12.2 Å². The van der Waals surface area contributed by atoms with Crippen molar-refractivity contribution in [3.63, 3.8) is 0 Å². The number of carboxylic acid groups (broad SMARTS) is 1. The molecule has 0 saturated heterocycles.